The van der Waals surface area contributed by atoms with Crippen molar-refractivity contribution in [3.05, 3.63) is 65.1 Å². The standard InChI is InChI=1S/C19H16FN7O/c1-10-18(22-9-11-4-2-5-12(20)8-11)23-19(27-24-10)16-13-6-3-7-14(17(21)28)15(13)25-26-16/h2-8H,9H2,1H3,(H2,21,28)(H,25,26)(H,22,23,27). The van der Waals surface area contributed by atoms with Gasteiger partial charge in [0.05, 0.1) is 11.1 Å². The van der Waals surface area contributed by atoms with Crippen molar-refractivity contribution in [1.82, 2.24) is 25.4 Å². The quantitative estimate of drug-likeness (QED) is 0.491. The molecule has 0 saturated carbocycles. The number of para-hydroxylation sites is 1. The molecule has 4 rings (SSSR count). The number of rotatable bonds is 5. The van der Waals surface area contributed by atoms with Gasteiger partial charge in [-0.15, -0.1) is 10.2 Å². The summed E-state index contributed by atoms with van der Waals surface area (Å²) in [7, 11) is 0. The molecule has 1 amide bonds. The molecule has 9 heteroatoms. The lowest BCUT2D eigenvalue weighted by molar-refractivity contribution is 0.100. The number of benzene rings is 2. The van der Waals surface area contributed by atoms with Crippen LogP contribution >= 0.6 is 0 Å². The van der Waals surface area contributed by atoms with E-state index < -0.39 is 5.91 Å². The second kappa shape index (κ2) is 7.03. The average molecular weight is 377 g/mol. The van der Waals surface area contributed by atoms with Gasteiger partial charge in [-0.05, 0) is 30.7 Å². The van der Waals surface area contributed by atoms with Gasteiger partial charge in [-0.1, -0.05) is 24.3 Å². The number of anilines is 1. The molecule has 0 bridgehead atoms. The molecule has 2 aromatic heterocycles. The van der Waals surface area contributed by atoms with Crippen LogP contribution in [0.5, 0.6) is 0 Å². The Balaban J connectivity index is 1.68. The molecule has 8 nitrogen and oxygen atoms in total. The van der Waals surface area contributed by atoms with Gasteiger partial charge in [-0.3, -0.25) is 9.89 Å². The summed E-state index contributed by atoms with van der Waals surface area (Å²) in [5.74, 6) is -0.0522. The lowest BCUT2D eigenvalue weighted by Crippen LogP contribution is -2.11. The van der Waals surface area contributed by atoms with E-state index in [1.807, 2.05) is 6.07 Å². The highest BCUT2D eigenvalue weighted by Gasteiger charge is 2.17. The number of carbonyl (C=O) groups is 1. The summed E-state index contributed by atoms with van der Waals surface area (Å²) < 4.78 is 13.3. The summed E-state index contributed by atoms with van der Waals surface area (Å²) in [6, 6.07) is 11.4. The van der Waals surface area contributed by atoms with Crippen molar-refractivity contribution in [2.75, 3.05) is 5.32 Å². The first-order valence-electron chi connectivity index (χ1n) is 8.50. The molecule has 140 valence electrons. The molecule has 4 N–H and O–H groups in total. The first-order valence-corrected chi connectivity index (χ1v) is 8.50. The zero-order valence-corrected chi connectivity index (χ0v) is 14.9. The van der Waals surface area contributed by atoms with Gasteiger partial charge in [-0.2, -0.15) is 5.10 Å². The van der Waals surface area contributed by atoms with Crippen LogP contribution in [0.25, 0.3) is 22.4 Å². The van der Waals surface area contributed by atoms with Crippen LogP contribution in [0.1, 0.15) is 21.6 Å². The van der Waals surface area contributed by atoms with E-state index >= 15 is 0 Å². The zero-order chi connectivity index (χ0) is 19.7. The highest BCUT2D eigenvalue weighted by molar-refractivity contribution is 6.07. The summed E-state index contributed by atoms with van der Waals surface area (Å²) in [6.07, 6.45) is 0. The Morgan fingerprint density at radius 2 is 2.04 bits per heavy atom. The van der Waals surface area contributed by atoms with Crippen molar-refractivity contribution in [2.45, 2.75) is 13.5 Å². The smallest absolute Gasteiger partial charge is 0.250 e. The van der Waals surface area contributed by atoms with Gasteiger partial charge in [0.25, 0.3) is 5.91 Å². The van der Waals surface area contributed by atoms with Gasteiger partial charge in [0.15, 0.2) is 5.82 Å². The molecule has 0 unspecified atom stereocenters. The number of amides is 1. The monoisotopic (exact) mass is 377 g/mol. The van der Waals surface area contributed by atoms with Crippen LogP contribution in [-0.2, 0) is 6.54 Å². The van der Waals surface area contributed by atoms with Crippen molar-refractivity contribution in [1.29, 1.82) is 0 Å². The van der Waals surface area contributed by atoms with E-state index in [2.05, 4.69) is 30.7 Å². The molecule has 0 atom stereocenters. The maximum Gasteiger partial charge on any atom is 0.250 e. The predicted molar refractivity (Wildman–Crippen MR) is 102 cm³/mol. The number of aromatic amines is 1. The number of primary amides is 1. The number of nitrogens with zero attached hydrogens (tertiary/aromatic N) is 4. The summed E-state index contributed by atoms with van der Waals surface area (Å²) in [5, 5.41) is 19.1. The first kappa shape index (κ1) is 17.5. The van der Waals surface area contributed by atoms with Gasteiger partial charge < -0.3 is 11.1 Å². The topological polar surface area (TPSA) is 122 Å². The molecule has 2 aromatic carbocycles. The number of hydrogen-bond acceptors (Lipinski definition) is 6. The fourth-order valence-electron chi connectivity index (χ4n) is 2.90. The zero-order valence-electron chi connectivity index (χ0n) is 14.9. The SMILES string of the molecule is Cc1nnc(-c2n[nH]c3c(C(N)=O)cccc23)nc1NCc1cccc(F)c1. The number of nitrogens with two attached hydrogens (primary N) is 1. The third-order valence-electron chi connectivity index (χ3n) is 4.28. The van der Waals surface area contributed by atoms with Crippen LogP contribution in [0.3, 0.4) is 0 Å². The van der Waals surface area contributed by atoms with Crippen molar-refractivity contribution in [2.24, 2.45) is 5.73 Å². The molecular weight excluding hydrogens is 361 g/mol. The minimum Gasteiger partial charge on any atom is -0.366 e. The number of carbonyl (C=O) groups excluding carboxylic acids is 1. The van der Waals surface area contributed by atoms with E-state index in [0.717, 1.165) is 5.56 Å². The molecular formula is C19H16FN7O. The van der Waals surface area contributed by atoms with E-state index in [0.29, 0.717) is 46.0 Å². The molecule has 0 aliphatic rings. The van der Waals surface area contributed by atoms with Gasteiger partial charge in [-0.25, -0.2) is 9.37 Å². The Labute approximate surface area is 159 Å². The van der Waals surface area contributed by atoms with Gasteiger partial charge in [0.2, 0.25) is 5.82 Å². The number of fused-ring (bicyclic) bond motifs is 1. The van der Waals surface area contributed by atoms with Gasteiger partial charge >= 0.3 is 0 Å². The Morgan fingerprint density at radius 1 is 1.21 bits per heavy atom. The highest BCUT2D eigenvalue weighted by Crippen LogP contribution is 2.26. The van der Waals surface area contributed by atoms with E-state index in [4.69, 9.17) is 5.73 Å². The van der Waals surface area contributed by atoms with Crippen LogP contribution in [0.2, 0.25) is 0 Å². The van der Waals surface area contributed by atoms with Gasteiger partial charge in [0.1, 0.15) is 17.2 Å². The van der Waals surface area contributed by atoms with Crippen LogP contribution in [0.4, 0.5) is 10.2 Å². The van der Waals surface area contributed by atoms with Crippen LogP contribution in [0, 0.1) is 12.7 Å². The summed E-state index contributed by atoms with van der Waals surface area (Å²) in [4.78, 5) is 16.1. The van der Waals surface area contributed by atoms with Crippen molar-refractivity contribution in [3.8, 4) is 11.5 Å². The fourth-order valence-corrected chi connectivity index (χ4v) is 2.90. The third kappa shape index (κ3) is 3.25. The molecule has 0 aliphatic carbocycles. The molecule has 2 heterocycles. The second-order valence-corrected chi connectivity index (χ2v) is 6.22. The highest BCUT2D eigenvalue weighted by atomic mass is 19.1. The lowest BCUT2D eigenvalue weighted by Gasteiger charge is -2.08. The lowest BCUT2D eigenvalue weighted by atomic mass is 10.1. The minimum atomic E-state index is -0.554. The summed E-state index contributed by atoms with van der Waals surface area (Å²) >= 11 is 0. The Morgan fingerprint density at radius 3 is 2.82 bits per heavy atom. The second-order valence-electron chi connectivity index (χ2n) is 6.22. The van der Waals surface area contributed by atoms with E-state index in [-0.39, 0.29) is 5.82 Å². The Bertz CT molecular complexity index is 1190. The number of hydrogen-bond donors (Lipinski definition) is 3. The number of aryl methyl sites for hydroxylation is 1. The number of halogens is 1. The Hall–Kier alpha value is -3.88. The largest absolute Gasteiger partial charge is 0.366 e. The molecule has 0 fully saturated rings. The van der Waals surface area contributed by atoms with E-state index in [1.54, 1.807) is 31.2 Å². The maximum absolute atomic E-state index is 13.3. The molecule has 0 radical (unpaired) electrons. The van der Waals surface area contributed by atoms with Crippen molar-refractivity contribution in [3.63, 3.8) is 0 Å². The molecule has 28 heavy (non-hydrogen) atoms. The van der Waals surface area contributed by atoms with Crippen molar-refractivity contribution < 1.29 is 9.18 Å². The normalized spacial score (nSPS) is 10.9. The molecule has 0 saturated heterocycles. The van der Waals surface area contributed by atoms with E-state index in [1.165, 1.54) is 12.1 Å². The Kier molecular flexibility index (Phi) is 4.40. The number of aromatic nitrogens is 5. The predicted octanol–water partition coefficient (Wildman–Crippen LogP) is 2.57. The number of nitrogens with one attached hydrogen (secondary N) is 2. The van der Waals surface area contributed by atoms with Crippen molar-refractivity contribution >= 4 is 22.6 Å². The van der Waals surface area contributed by atoms with E-state index in [9.17, 15) is 9.18 Å². The van der Waals surface area contributed by atoms with Crippen LogP contribution in [-0.4, -0.2) is 31.3 Å². The summed E-state index contributed by atoms with van der Waals surface area (Å²) in [5.41, 5.74) is 8.09. The maximum atomic E-state index is 13.3. The summed E-state index contributed by atoms with van der Waals surface area (Å²) in [6.45, 7) is 2.15. The van der Waals surface area contributed by atoms with Crippen LogP contribution in [0.15, 0.2) is 42.5 Å². The first-order chi connectivity index (χ1) is 13.5. The fraction of sp³-hybridized carbons (Fsp3) is 0.105. The molecule has 0 aliphatic heterocycles. The molecule has 0 spiro atoms. The average Bonchev–Trinajstić information content (AvgIpc) is 3.11. The van der Waals surface area contributed by atoms with Crippen LogP contribution < -0.4 is 11.1 Å². The molecule has 4 aromatic rings. The third-order valence-corrected chi connectivity index (χ3v) is 4.28. The number of H-pyrrole nitrogens is 1. The van der Waals surface area contributed by atoms with Gasteiger partial charge in [0, 0.05) is 11.9 Å². The minimum absolute atomic E-state index is 0.292.